The molecule has 0 bridgehead atoms. The molecule has 2 N–H and O–H groups in total. The third-order valence-corrected chi connectivity index (χ3v) is 3.18. The molecule has 2 rings (SSSR count). The van der Waals surface area contributed by atoms with E-state index >= 15 is 0 Å². The monoisotopic (exact) mass is 267 g/mol. The molecule has 0 fully saturated rings. The zero-order valence-electron chi connectivity index (χ0n) is 9.81. The van der Waals surface area contributed by atoms with E-state index in [9.17, 15) is 8.78 Å². The molecule has 2 aromatic rings. The minimum absolute atomic E-state index is 0.323. The topological polar surface area (TPSA) is 26.0 Å². The Bertz CT molecular complexity index is 597. The predicted molar refractivity (Wildman–Crippen MR) is 69.4 cm³/mol. The van der Waals surface area contributed by atoms with Crippen molar-refractivity contribution in [3.05, 3.63) is 58.1 Å². The molecule has 0 aliphatic heterocycles. The molecule has 0 unspecified atom stereocenters. The van der Waals surface area contributed by atoms with Crippen LogP contribution in [0.3, 0.4) is 0 Å². The van der Waals surface area contributed by atoms with Crippen LogP contribution in [0.1, 0.15) is 11.1 Å². The SMILES string of the molecule is Cc1cc(-c2ccc(CN)c(Cl)c2)c(F)cc1F. The van der Waals surface area contributed by atoms with E-state index in [1.54, 1.807) is 25.1 Å². The fourth-order valence-corrected chi connectivity index (χ4v) is 2.02. The summed E-state index contributed by atoms with van der Waals surface area (Å²) in [6, 6.07) is 7.47. The summed E-state index contributed by atoms with van der Waals surface area (Å²) in [5, 5.41) is 0.483. The van der Waals surface area contributed by atoms with Crippen LogP contribution in [0.25, 0.3) is 11.1 Å². The zero-order valence-corrected chi connectivity index (χ0v) is 10.6. The molecule has 1 nitrogen and oxygen atoms in total. The Balaban J connectivity index is 2.55. The molecule has 0 atom stereocenters. The molecular weight excluding hydrogens is 256 g/mol. The van der Waals surface area contributed by atoms with Gasteiger partial charge < -0.3 is 5.73 Å². The van der Waals surface area contributed by atoms with Gasteiger partial charge in [-0.3, -0.25) is 0 Å². The summed E-state index contributed by atoms with van der Waals surface area (Å²) in [7, 11) is 0. The van der Waals surface area contributed by atoms with Crippen molar-refractivity contribution in [1.82, 2.24) is 0 Å². The summed E-state index contributed by atoms with van der Waals surface area (Å²) < 4.78 is 26.9. The number of benzene rings is 2. The van der Waals surface area contributed by atoms with E-state index in [0.717, 1.165) is 11.6 Å². The molecule has 0 amide bonds. The average molecular weight is 268 g/mol. The Morgan fingerprint density at radius 3 is 2.44 bits per heavy atom. The van der Waals surface area contributed by atoms with Gasteiger partial charge in [0.15, 0.2) is 0 Å². The van der Waals surface area contributed by atoms with Crippen molar-refractivity contribution >= 4 is 11.6 Å². The van der Waals surface area contributed by atoms with Crippen molar-refractivity contribution < 1.29 is 8.78 Å². The highest BCUT2D eigenvalue weighted by Gasteiger charge is 2.10. The van der Waals surface area contributed by atoms with Gasteiger partial charge in [-0.15, -0.1) is 0 Å². The van der Waals surface area contributed by atoms with E-state index in [-0.39, 0.29) is 0 Å². The molecule has 0 radical (unpaired) electrons. The van der Waals surface area contributed by atoms with Gasteiger partial charge >= 0.3 is 0 Å². The number of rotatable bonds is 2. The van der Waals surface area contributed by atoms with Crippen molar-refractivity contribution in [1.29, 1.82) is 0 Å². The van der Waals surface area contributed by atoms with Gasteiger partial charge in [0, 0.05) is 23.2 Å². The van der Waals surface area contributed by atoms with Crippen molar-refractivity contribution in [2.45, 2.75) is 13.5 Å². The van der Waals surface area contributed by atoms with Crippen molar-refractivity contribution in [2.75, 3.05) is 0 Å². The first-order valence-electron chi connectivity index (χ1n) is 5.47. The highest BCUT2D eigenvalue weighted by Crippen LogP contribution is 2.29. The molecule has 0 aliphatic carbocycles. The normalized spacial score (nSPS) is 10.7. The second-order valence-electron chi connectivity index (χ2n) is 4.09. The fraction of sp³-hybridized carbons (Fsp3) is 0.143. The number of hydrogen-bond donors (Lipinski definition) is 1. The molecule has 94 valence electrons. The molecule has 2 aromatic carbocycles. The smallest absolute Gasteiger partial charge is 0.133 e. The van der Waals surface area contributed by atoms with Gasteiger partial charge in [-0.1, -0.05) is 23.7 Å². The Morgan fingerprint density at radius 2 is 1.83 bits per heavy atom. The maximum atomic E-state index is 13.7. The highest BCUT2D eigenvalue weighted by molar-refractivity contribution is 6.31. The lowest BCUT2D eigenvalue weighted by atomic mass is 10.0. The molecule has 0 aromatic heterocycles. The number of aryl methyl sites for hydroxylation is 1. The van der Waals surface area contributed by atoms with E-state index < -0.39 is 11.6 Å². The van der Waals surface area contributed by atoms with Crippen LogP contribution in [0.5, 0.6) is 0 Å². The minimum atomic E-state index is -0.602. The Hall–Kier alpha value is -1.45. The van der Waals surface area contributed by atoms with Crippen LogP contribution >= 0.6 is 11.6 Å². The highest BCUT2D eigenvalue weighted by atomic mass is 35.5. The lowest BCUT2D eigenvalue weighted by Gasteiger charge is -2.08. The zero-order chi connectivity index (χ0) is 13.3. The second kappa shape index (κ2) is 5.04. The molecule has 0 spiro atoms. The summed E-state index contributed by atoms with van der Waals surface area (Å²) in [5.41, 5.74) is 7.63. The van der Waals surface area contributed by atoms with Crippen LogP contribution in [-0.4, -0.2) is 0 Å². The standard InChI is InChI=1S/C14H12ClF2N/c1-8-4-11(14(17)6-13(8)16)9-2-3-10(7-18)12(15)5-9/h2-6H,7,18H2,1H3. The van der Waals surface area contributed by atoms with Gasteiger partial charge in [-0.05, 0) is 35.7 Å². The summed E-state index contributed by atoms with van der Waals surface area (Å²) in [4.78, 5) is 0. The predicted octanol–water partition coefficient (Wildman–Crippen LogP) is 4.05. The van der Waals surface area contributed by atoms with Crippen LogP contribution < -0.4 is 5.73 Å². The van der Waals surface area contributed by atoms with Gasteiger partial charge in [0.2, 0.25) is 0 Å². The van der Waals surface area contributed by atoms with E-state index in [2.05, 4.69) is 0 Å². The van der Waals surface area contributed by atoms with E-state index in [4.69, 9.17) is 17.3 Å². The number of halogens is 3. The summed E-state index contributed by atoms with van der Waals surface area (Å²) >= 11 is 6.03. The quantitative estimate of drug-likeness (QED) is 0.873. The Morgan fingerprint density at radius 1 is 1.11 bits per heavy atom. The van der Waals surface area contributed by atoms with E-state index in [1.807, 2.05) is 0 Å². The molecule has 0 saturated carbocycles. The maximum absolute atomic E-state index is 13.7. The third kappa shape index (κ3) is 2.37. The third-order valence-electron chi connectivity index (χ3n) is 2.83. The van der Waals surface area contributed by atoms with Gasteiger partial charge in [0.1, 0.15) is 11.6 Å². The van der Waals surface area contributed by atoms with Gasteiger partial charge in [0.05, 0.1) is 0 Å². The van der Waals surface area contributed by atoms with E-state index in [0.29, 0.717) is 28.3 Å². The molecule has 18 heavy (non-hydrogen) atoms. The average Bonchev–Trinajstić information content (AvgIpc) is 2.33. The largest absolute Gasteiger partial charge is 0.326 e. The lowest BCUT2D eigenvalue weighted by molar-refractivity contribution is 0.579. The Labute approximate surface area is 109 Å². The Kier molecular flexibility index (Phi) is 3.64. The summed E-state index contributed by atoms with van der Waals surface area (Å²) in [5.74, 6) is -1.16. The first kappa shape index (κ1) is 13.0. The summed E-state index contributed by atoms with van der Waals surface area (Å²) in [6.07, 6.45) is 0. The van der Waals surface area contributed by atoms with Gasteiger partial charge in [-0.2, -0.15) is 0 Å². The first-order chi connectivity index (χ1) is 8.52. The van der Waals surface area contributed by atoms with E-state index in [1.165, 1.54) is 6.07 Å². The molecule has 0 saturated heterocycles. The molecule has 4 heteroatoms. The first-order valence-corrected chi connectivity index (χ1v) is 5.85. The van der Waals surface area contributed by atoms with Crippen molar-refractivity contribution in [3.8, 4) is 11.1 Å². The lowest BCUT2D eigenvalue weighted by Crippen LogP contribution is -1.97. The van der Waals surface area contributed by atoms with Crippen LogP contribution in [0.4, 0.5) is 8.78 Å². The fourth-order valence-electron chi connectivity index (χ4n) is 1.76. The van der Waals surface area contributed by atoms with Crippen LogP contribution in [0.2, 0.25) is 5.02 Å². The van der Waals surface area contributed by atoms with Gasteiger partial charge in [-0.25, -0.2) is 8.78 Å². The number of hydrogen-bond acceptors (Lipinski definition) is 1. The summed E-state index contributed by atoms with van der Waals surface area (Å²) in [6.45, 7) is 1.91. The molecule has 0 aliphatic rings. The van der Waals surface area contributed by atoms with Crippen LogP contribution in [-0.2, 0) is 6.54 Å². The second-order valence-corrected chi connectivity index (χ2v) is 4.50. The van der Waals surface area contributed by atoms with Crippen LogP contribution in [0, 0.1) is 18.6 Å². The molecular formula is C14H12ClF2N. The van der Waals surface area contributed by atoms with Gasteiger partial charge in [0.25, 0.3) is 0 Å². The minimum Gasteiger partial charge on any atom is -0.326 e. The number of nitrogens with two attached hydrogens (primary N) is 1. The maximum Gasteiger partial charge on any atom is 0.133 e. The molecule has 0 heterocycles. The van der Waals surface area contributed by atoms with Crippen LogP contribution in [0.15, 0.2) is 30.3 Å². The van der Waals surface area contributed by atoms with Crippen molar-refractivity contribution in [3.63, 3.8) is 0 Å². The van der Waals surface area contributed by atoms with Crippen molar-refractivity contribution in [2.24, 2.45) is 5.73 Å².